The summed E-state index contributed by atoms with van der Waals surface area (Å²) in [6.45, 7) is 3.56. The van der Waals surface area contributed by atoms with Gasteiger partial charge in [0.25, 0.3) is 0 Å². The molecule has 0 unspecified atom stereocenters. The molecule has 0 bridgehead atoms. The third-order valence-electron chi connectivity index (χ3n) is 1.56. The lowest BCUT2D eigenvalue weighted by Crippen LogP contribution is -2.13. The van der Waals surface area contributed by atoms with Crippen LogP contribution >= 0.6 is 0 Å². The summed E-state index contributed by atoms with van der Waals surface area (Å²) >= 11 is 0. The number of carbonyl (C=O) groups excluding carboxylic acids is 1. The molecule has 0 aliphatic rings. The minimum atomic E-state index is -0.441. The van der Waals surface area contributed by atoms with E-state index in [0.717, 1.165) is 0 Å². The van der Waals surface area contributed by atoms with E-state index in [4.69, 9.17) is 14.9 Å². The van der Waals surface area contributed by atoms with Crippen molar-refractivity contribution in [2.75, 3.05) is 0 Å². The maximum absolute atomic E-state index is 11.5. The Bertz CT molecular complexity index is 325. The lowest BCUT2D eigenvalue weighted by molar-refractivity contribution is -0.140. The van der Waals surface area contributed by atoms with E-state index in [1.165, 1.54) is 18.7 Å². The Morgan fingerprint density at radius 2 is 2.36 bits per heavy atom. The van der Waals surface area contributed by atoms with Crippen LogP contribution in [0, 0.1) is 0 Å². The average Bonchev–Trinajstić information content (AvgIpc) is 2.57. The van der Waals surface area contributed by atoms with Gasteiger partial charge in [-0.05, 0) is 19.9 Å². The molecular formula is C10H13NO3. The molecule has 2 N–H and O–H groups in total. The van der Waals surface area contributed by atoms with Gasteiger partial charge >= 0.3 is 5.97 Å². The lowest BCUT2D eigenvalue weighted by atomic mass is 10.1. The predicted octanol–water partition coefficient (Wildman–Crippen LogP) is 1.53. The quantitative estimate of drug-likeness (QED) is 0.586. The monoisotopic (exact) mass is 195 g/mol. The second-order valence-corrected chi connectivity index (χ2v) is 3.05. The van der Waals surface area contributed by atoms with Gasteiger partial charge in [0.05, 0.1) is 24.2 Å². The van der Waals surface area contributed by atoms with Crippen LogP contribution < -0.4 is 5.73 Å². The number of carbonyl (C=O) groups is 1. The molecule has 4 nitrogen and oxygen atoms in total. The second kappa shape index (κ2) is 4.50. The van der Waals surface area contributed by atoms with Gasteiger partial charge in [0, 0.05) is 11.8 Å². The molecule has 0 fully saturated rings. The number of hydrogen-bond donors (Lipinski definition) is 1. The molecule has 14 heavy (non-hydrogen) atoms. The molecule has 0 aromatic carbocycles. The van der Waals surface area contributed by atoms with E-state index >= 15 is 0 Å². The first-order chi connectivity index (χ1) is 6.65. The first-order valence-electron chi connectivity index (χ1n) is 4.30. The molecule has 0 atom stereocenters. The molecule has 0 aliphatic carbocycles. The Balaban J connectivity index is 2.79. The molecule has 1 rings (SSSR count). The largest absolute Gasteiger partial charge is 0.472 e. The van der Waals surface area contributed by atoms with Crippen molar-refractivity contribution in [3.05, 3.63) is 30.4 Å². The summed E-state index contributed by atoms with van der Waals surface area (Å²) in [5, 5.41) is 0. The van der Waals surface area contributed by atoms with E-state index in [-0.39, 0.29) is 6.10 Å². The molecule has 0 amide bonds. The SMILES string of the molecule is CC(C)OC(=O)/C(=C/N)c1ccoc1. The van der Waals surface area contributed by atoms with Gasteiger partial charge in [0.1, 0.15) is 0 Å². The molecule has 0 spiro atoms. The van der Waals surface area contributed by atoms with Crippen molar-refractivity contribution in [2.45, 2.75) is 20.0 Å². The minimum absolute atomic E-state index is 0.163. The summed E-state index contributed by atoms with van der Waals surface area (Å²) < 4.78 is 9.85. The average molecular weight is 195 g/mol. The zero-order valence-corrected chi connectivity index (χ0v) is 8.19. The summed E-state index contributed by atoms with van der Waals surface area (Å²) in [6, 6.07) is 1.65. The molecule has 1 aromatic heterocycles. The highest BCUT2D eigenvalue weighted by atomic mass is 16.5. The topological polar surface area (TPSA) is 65.5 Å². The number of ether oxygens (including phenoxy) is 1. The fraction of sp³-hybridized carbons (Fsp3) is 0.300. The summed E-state index contributed by atoms with van der Waals surface area (Å²) in [5.41, 5.74) is 6.27. The maximum Gasteiger partial charge on any atom is 0.340 e. The van der Waals surface area contributed by atoms with Gasteiger partial charge in [-0.25, -0.2) is 4.79 Å². The standard InChI is InChI=1S/C10H13NO3/c1-7(2)14-10(12)9(5-11)8-3-4-13-6-8/h3-7H,11H2,1-2H3/b9-5+. The molecule has 4 heteroatoms. The zero-order valence-electron chi connectivity index (χ0n) is 8.19. The Kier molecular flexibility index (Phi) is 3.34. The van der Waals surface area contributed by atoms with Gasteiger partial charge in [-0.15, -0.1) is 0 Å². The Morgan fingerprint density at radius 3 is 2.79 bits per heavy atom. The summed E-state index contributed by atoms with van der Waals surface area (Å²) in [6.07, 6.45) is 3.97. The van der Waals surface area contributed by atoms with E-state index in [2.05, 4.69) is 0 Å². The molecule has 0 saturated heterocycles. The first kappa shape index (κ1) is 10.4. The van der Waals surface area contributed by atoms with Gasteiger partial charge in [0.2, 0.25) is 0 Å². The first-order valence-corrected chi connectivity index (χ1v) is 4.30. The van der Waals surface area contributed by atoms with Crippen LogP contribution in [0.15, 0.2) is 29.2 Å². The highest BCUT2D eigenvalue weighted by molar-refractivity contribution is 6.16. The molecule has 1 aromatic rings. The number of hydrogen-bond acceptors (Lipinski definition) is 4. The van der Waals surface area contributed by atoms with Gasteiger partial charge in [-0.1, -0.05) is 0 Å². The fourth-order valence-corrected chi connectivity index (χ4v) is 0.977. The third kappa shape index (κ3) is 2.39. The van der Waals surface area contributed by atoms with Crippen LogP contribution in [0.3, 0.4) is 0 Å². The van der Waals surface area contributed by atoms with Gasteiger partial charge in [-0.3, -0.25) is 0 Å². The van der Waals surface area contributed by atoms with Crippen LogP contribution in [0.1, 0.15) is 19.4 Å². The Labute approximate surface area is 82.3 Å². The highest BCUT2D eigenvalue weighted by Crippen LogP contribution is 2.15. The number of esters is 1. The van der Waals surface area contributed by atoms with Crippen molar-refractivity contribution >= 4 is 11.5 Å². The summed E-state index contributed by atoms with van der Waals surface area (Å²) in [4.78, 5) is 11.5. The Hall–Kier alpha value is -1.71. The molecule has 0 aliphatic heterocycles. The second-order valence-electron chi connectivity index (χ2n) is 3.05. The third-order valence-corrected chi connectivity index (χ3v) is 1.56. The smallest absolute Gasteiger partial charge is 0.340 e. The van der Waals surface area contributed by atoms with E-state index in [0.29, 0.717) is 11.1 Å². The van der Waals surface area contributed by atoms with Crippen molar-refractivity contribution in [2.24, 2.45) is 5.73 Å². The molecular weight excluding hydrogens is 182 g/mol. The molecule has 0 radical (unpaired) electrons. The highest BCUT2D eigenvalue weighted by Gasteiger charge is 2.15. The van der Waals surface area contributed by atoms with Crippen molar-refractivity contribution in [1.29, 1.82) is 0 Å². The summed E-state index contributed by atoms with van der Waals surface area (Å²) in [5.74, 6) is -0.441. The van der Waals surface area contributed by atoms with Crippen LogP contribution in [0.5, 0.6) is 0 Å². The summed E-state index contributed by atoms with van der Waals surface area (Å²) in [7, 11) is 0. The van der Waals surface area contributed by atoms with Gasteiger partial charge in [-0.2, -0.15) is 0 Å². The van der Waals surface area contributed by atoms with Gasteiger partial charge < -0.3 is 14.9 Å². The minimum Gasteiger partial charge on any atom is -0.472 e. The number of furan rings is 1. The van der Waals surface area contributed by atoms with E-state index < -0.39 is 5.97 Å². The van der Waals surface area contributed by atoms with Crippen LogP contribution in [-0.4, -0.2) is 12.1 Å². The maximum atomic E-state index is 11.5. The van der Waals surface area contributed by atoms with Crippen LogP contribution in [0.25, 0.3) is 5.57 Å². The normalized spacial score (nSPS) is 11.8. The van der Waals surface area contributed by atoms with Gasteiger partial charge in [0.15, 0.2) is 0 Å². The van der Waals surface area contributed by atoms with E-state index in [1.54, 1.807) is 19.9 Å². The van der Waals surface area contributed by atoms with Crippen LogP contribution in [0.2, 0.25) is 0 Å². The Morgan fingerprint density at radius 1 is 1.64 bits per heavy atom. The zero-order chi connectivity index (χ0) is 10.6. The van der Waals surface area contributed by atoms with E-state index in [9.17, 15) is 4.79 Å². The molecule has 76 valence electrons. The van der Waals surface area contributed by atoms with Crippen LogP contribution in [-0.2, 0) is 9.53 Å². The van der Waals surface area contributed by atoms with Crippen molar-refractivity contribution in [3.8, 4) is 0 Å². The van der Waals surface area contributed by atoms with Crippen molar-refractivity contribution in [1.82, 2.24) is 0 Å². The van der Waals surface area contributed by atoms with Crippen LogP contribution in [0.4, 0.5) is 0 Å². The van der Waals surface area contributed by atoms with Crippen molar-refractivity contribution < 1.29 is 13.9 Å². The fourth-order valence-electron chi connectivity index (χ4n) is 0.977. The molecule has 1 heterocycles. The van der Waals surface area contributed by atoms with Crippen molar-refractivity contribution in [3.63, 3.8) is 0 Å². The number of nitrogens with two attached hydrogens (primary N) is 1. The lowest BCUT2D eigenvalue weighted by Gasteiger charge is -2.08. The van der Waals surface area contributed by atoms with E-state index in [1.807, 2.05) is 0 Å². The number of rotatable bonds is 3. The predicted molar refractivity (Wildman–Crippen MR) is 52.1 cm³/mol. The molecule has 0 saturated carbocycles.